The van der Waals surface area contributed by atoms with E-state index in [1.54, 1.807) is 6.07 Å². The minimum Gasteiger partial charge on any atom is -0.366 e. The number of likely N-dealkylation sites (N-methyl/N-ethyl adjacent to an activating group) is 1. The molecule has 0 amide bonds. The first-order chi connectivity index (χ1) is 9.15. The van der Waals surface area contributed by atoms with Crippen LogP contribution in [-0.4, -0.2) is 23.4 Å². The summed E-state index contributed by atoms with van der Waals surface area (Å²) in [5.74, 6) is -0.246. The van der Waals surface area contributed by atoms with E-state index in [9.17, 15) is 4.39 Å². The Hall–Kier alpha value is -1.88. The summed E-state index contributed by atoms with van der Waals surface area (Å²) in [6.45, 7) is 3.30. The summed E-state index contributed by atoms with van der Waals surface area (Å²) in [5, 5.41) is 4.26. The van der Waals surface area contributed by atoms with E-state index in [1.165, 1.54) is 12.1 Å². The van der Waals surface area contributed by atoms with Crippen molar-refractivity contribution in [3.63, 3.8) is 0 Å². The number of halogens is 1. The van der Waals surface area contributed by atoms with Crippen molar-refractivity contribution in [3.8, 4) is 0 Å². The second-order valence-electron chi connectivity index (χ2n) is 4.47. The molecule has 19 heavy (non-hydrogen) atoms. The molecule has 0 radical (unpaired) electrons. The van der Waals surface area contributed by atoms with Gasteiger partial charge in [0.25, 0.3) is 0 Å². The van der Waals surface area contributed by atoms with Gasteiger partial charge in [0.2, 0.25) is 0 Å². The predicted molar refractivity (Wildman–Crippen MR) is 74.5 cm³/mol. The lowest BCUT2D eigenvalue weighted by atomic mass is 10.1. The summed E-state index contributed by atoms with van der Waals surface area (Å²) in [6.07, 6.45) is 3.80. The monoisotopic (exact) mass is 262 g/mol. The topological polar surface area (TPSA) is 47.1 Å². The Kier molecular flexibility index (Phi) is 4.16. The fourth-order valence-corrected chi connectivity index (χ4v) is 2.12. The fraction of sp³-hybridized carbons (Fsp3) is 0.357. The van der Waals surface area contributed by atoms with Crippen molar-refractivity contribution in [2.45, 2.75) is 19.5 Å². The molecule has 0 aliphatic heterocycles. The first-order valence-corrected chi connectivity index (χ1v) is 6.36. The molecule has 5 heteroatoms. The molecule has 1 atom stereocenters. The third kappa shape index (κ3) is 2.93. The van der Waals surface area contributed by atoms with Gasteiger partial charge in [-0.2, -0.15) is 5.10 Å². The number of hydrogen-bond acceptors (Lipinski definition) is 3. The van der Waals surface area contributed by atoms with Crippen LogP contribution in [0.5, 0.6) is 0 Å². The minimum absolute atomic E-state index is 0.0119. The first-order valence-electron chi connectivity index (χ1n) is 6.36. The number of hydrogen-bond donors (Lipinski definition) is 1. The summed E-state index contributed by atoms with van der Waals surface area (Å²) in [6, 6.07) is 6.50. The van der Waals surface area contributed by atoms with Crippen molar-refractivity contribution >= 4 is 5.69 Å². The van der Waals surface area contributed by atoms with Crippen LogP contribution in [-0.2, 0) is 6.54 Å². The first kappa shape index (κ1) is 13.5. The van der Waals surface area contributed by atoms with E-state index in [2.05, 4.69) is 5.10 Å². The minimum atomic E-state index is -0.246. The lowest BCUT2D eigenvalue weighted by Crippen LogP contribution is -2.30. The average Bonchev–Trinajstić information content (AvgIpc) is 2.88. The highest BCUT2D eigenvalue weighted by Crippen LogP contribution is 2.25. The maximum Gasteiger partial charge on any atom is 0.125 e. The molecule has 0 fully saturated rings. The Bertz CT molecular complexity index is 538. The van der Waals surface area contributed by atoms with Crippen LogP contribution in [0.15, 0.2) is 36.7 Å². The van der Waals surface area contributed by atoms with E-state index in [0.717, 1.165) is 17.8 Å². The van der Waals surface area contributed by atoms with Crippen LogP contribution in [0.1, 0.15) is 18.5 Å². The normalized spacial score (nSPS) is 12.4. The Morgan fingerprint density at radius 2 is 2.26 bits per heavy atom. The van der Waals surface area contributed by atoms with Crippen LogP contribution >= 0.6 is 0 Å². The number of nitrogens with two attached hydrogens (primary N) is 1. The standard InChI is InChI=1S/C14H19FN4/c1-3-19-10-11(9-17-19)14(8-16)18(2)13-6-4-5-12(15)7-13/h4-7,9-10,14H,3,8,16H2,1-2H3. The Morgan fingerprint density at radius 1 is 1.47 bits per heavy atom. The van der Waals surface area contributed by atoms with E-state index in [0.29, 0.717) is 6.54 Å². The van der Waals surface area contributed by atoms with E-state index in [1.807, 2.05) is 42.0 Å². The number of aryl methyl sites for hydroxylation is 1. The van der Waals surface area contributed by atoms with Gasteiger partial charge in [0.1, 0.15) is 5.82 Å². The van der Waals surface area contributed by atoms with Crippen LogP contribution in [0.3, 0.4) is 0 Å². The molecule has 102 valence electrons. The number of aromatic nitrogens is 2. The average molecular weight is 262 g/mol. The SMILES string of the molecule is CCn1cc(C(CN)N(C)c2cccc(F)c2)cn1. The van der Waals surface area contributed by atoms with Gasteiger partial charge in [-0.05, 0) is 25.1 Å². The van der Waals surface area contributed by atoms with Gasteiger partial charge >= 0.3 is 0 Å². The molecule has 0 aliphatic carbocycles. The highest BCUT2D eigenvalue weighted by atomic mass is 19.1. The lowest BCUT2D eigenvalue weighted by molar-refractivity contribution is 0.622. The van der Waals surface area contributed by atoms with E-state index in [-0.39, 0.29) is 11.9 Å². The predicted octanol–water partition coefficient (Wildman–Crippen LogP) is 2.18. The van der Waals surface area contributed by atoms with Crippen LogP contribution in [0.2, 0.25) is 0 Å². The molecule has 0 aliphatic rings. The summed E-state index contributed by atoms with van der Waals surface area (Å²) in [7, 11) is 1.91. The van der Waals surface area contributed by atoms with Crippen LogP contribution in [0.4, 0.5) is 10.1 Å². The third-order valence-electron chi connectivity index (χ3n) is 3.27. The molecule has 1 unspecified atom stereocenters. The van der Waals surface area contributed by atoms with E-state index < -0.39 is 0 Å². The zero-order valence-corrected chi connectivity index (χ0v) is 11.3. The maximum absolute atomic E-state index is 13.3. The van der Waals surface area contributed by atoms with Crippen molar-refractivity contribution < 1.29 is 4.39 Å². The van der Waals surface area contributed by atoms with Crippen molar-refractivity contribution in [2.75, 3.05) is 18.5 Å². The highest BCUT2D eigenvalue weighted by Gasteiger charge is 2.18. The summed E-state index contributed by atoms with van der Waals surface area (Å²) < 4.78 is 15.1. The molecule has 2 aromatic rings. The molecule has 1 aromatic heterocycles. The molecule has 4 nitrogen and oxygen atoms in total. The molecule has 1 heterocycles. The lowest BCUT2D eigenvalue weighted by Gasteiger charge is -2.28. The van der Waals surface area contributed by atoms with Gasteiger partial charge in [-0.1, -0.05) is 6.07 Å². The van der Waals surface area contributed by atoms with Gasteiger partial charge in [-0.25, -0.2) is 4.39 Å². The molecule has 0 saturated heterocycles. The van der Waals surface area contributed by atoms with Crippen LogP contribution < -0.4 is 10.6 Å². The van der Waals surface area contributed by atoms with Gasteiger partial charge in [0.15, 0.2) is 0 Å². The number of benzene rings is 1. The van der Waals surface area contributed by atoms with Crippen molar-refractivity contribution in [3.05, 3.63) is 48.0 Å². The smallest absolute Gasteiger partial charge is 0.125 e. The second-order valence-corrected chi connectivity index (χ2v) is 4.47. The van der Waals surface area contributed by atoms with Gasteiger partial charge in [-0.3, -0.25) is 4.68 Å². The molecule has 2 N–H and O–H groups in total. The van der Waals surface area contributed by atoms with E-state index in [4.69, 9.17) is 5.73 Å². The van der Waals surface area contributed by atoms with Gasteiger partial charge < -0.3 is 10.6 Å². The molecular formula is C14H19FN4. The van der Waals surface area contributed by atoms with Gasteiger partial charge in [0.05, 0.1) is 12.2 Å². The number of nitrogens with zero attached hydrogens (tertiary/aromatic N) is 3. The van der Waals surface area contributed by atoms with Gasteiger partial charge in [0, 0.05) is 37.6 Å². The summed E-state index contributed by atoms with van der Waals surface area (Å²) >= 11 is 0. The molecule has 0 saturated carbocycles. The highest BCUT2D eigenvalue weighted by molar-refractivity contribution is 5.48. The number of rotatable bonds is 5. The molecule has 1 aromatic carbocycles. The van der Waals surface area contributed by atoms with Crippen LogP contribution in [0.25, 0.3) is 0 Å². The quantitative estimate of drug-likeness (QED) is 0.898. The van der Waals surface area contributed by atoms with E-state index >= 15 is 0 Å². The van der Waals surface area contributed by atoms with Crippen molar-refractivity contribution in [1.29, 1.82) is 0 Å². The largest absolute Gasteiger partial charge is 0.366 e. The second kappa shape index (κ2) is 5.84. The Balaban J connectivity index is 2.26. The van der Waals surface area contributed by atoms with Crippen LogP contribution in [0, 0.1) is 5.82 Å². The molecular weight excluding hydrogens is 243 g/mol. The fourth-order valence-electron chi connectivity index (χ4n) is 2.12. The van der Waals surface area contributed by atoms with Gasteiger partial charge in [-0.15, -0.1) is 0 Å². The zero-order valence-electron chi connectivity index (χ0n) is 11.3. The third-order valence-corrected chi connectivity index (χ3v) is 3.27. The van der Waals surface area contributed by atoms with Crippen molar-refractivity contribution in [1.82, 2.24) is 9.78 Å². The molecule has 0 spiro atoms. The zero-order chi connectivity index (χ0) is 13.8. The number of anilines is 1. The summed E-state index contributed by atoms with van der Waals surface area (Å²) in [4.78, 5) is 1.97. The summed E-state index contributed by atoms with van der Waals surface area (Å²) in [5.41, 5.74) is 7.70. The maximum atomic E-state index is 13.3. The Morgan fingerprint density at radius 3 is 2.84 bits per heavy atom. The Labute approximate surface area is 112 Å². The van der Waals surface area contributed by atoms with Crippen molar-refractivity contribution in [2.24, 2.45) is 5.73 Å². The molecule has 2 rings (SSSR count). The molecule has 0 bridgehead atoms.